The Labute approximate surface area is 77.0 Å². The van der Waals surface area contributed by atoms with Crippen LogP contribution in [-0.2, 0) is 6.42 Å². The van der Waals surface area contributed by atoms with Crippen LogP contribution in [0, 0.1) is 5.82 Å². The largest absolute Gasteiger partial charge is 0.494 e. The summed E-state index contributed by atoms with van der Waals surface area (Å²) in [5, 5.41) is 9.07. The Morgan fingerprint density at radius 1 is 1.54 bits per heavy atom. The van der Waals surface area contributed by atoms with Crippen LogP contribution in [0.4, 0.5) is 4.39 Å². The van der Waals surface area contributed by atoms with Crippen molar-refractivity contribution in [3.05, 3.63) is 29.6 Å². The third-order valence-corrected chi connectivity index (χ3v) is 1.75. The average Bonchev–Trinajstić information content (AvgIpc) is 2.03. The molecule has 0 aliphatic rings. The minimum atomic E-state index is -0.451. The molecule has 72 valence electrons. The second-order valence-corrected chi connectivity index (χ2v) is 3.02. The topological polar surface area (TPSA) is 29.5 Å². The highest BCUT2D eigenvalue weighted by Crippen LogP contribution is 2.18. The number of benzene rings is 1. The van der Waals surface area contributed by atoms with E-state index in [1.54, 1.807) is 19.1 Å². The first-order chi connectivity index (χ1) is 6.13. The van der Waals surface area contributed by atoms with E-state index in [2.05, 4.69) is 0 Å². The molecule has 0 spiro atoms. The van der Waals surface area contributed by atoms with Crippen LogP contribution in [0.3, 0.4) is 0 Å². The minimum absolute atomic E-state index is 0.231. The molecule has 0 saturated heterocycles. The molecule has 0 aliphatic carbocycles. The van der Waals surface area contributed by atoms with Gasteiger partial charge in [0.25, 0.3) is 0 Å². The molecule has 0 saturated carbocycles. The van der Waals surface area contributed by atoms with Crippen molar-refractivity contribution in [2.45, 2.75) is 19.4 Å². The van der Waals surface area contributed by atoms with Crippen molar-refractivity contribution in [2.75, 3.05) is 7.11 Å². The zero-order chi connectivity index (χ0) is 9.84. The highest BCUT2D eigenvalue weighted by atomic mass is 19.1. The van der Waals surface area contributed by atoms with Gasteiger partial charge in [0.15, 0.2) is 11.6 Å². The number of methoxy groups -OCH3 is 1. The van der Waals surface area contributed by atoms with E-state index in [0.717, 1.165) is 5.56 Å². The molecule has 0 aromatic heterocycles. The Bertz CT molecular complexity index is 284. The van der Waals surface area contributed by atoms with Crippen molar-refractivity contribution in [2.24, 2.45) is 0 Å². The molecule has 0 bridgehead atoms. The van der Waals surface area contributed by atoms with Crippen molar-refractivity contribution in [1.29, 1.82) is 0 Å². The lowest BCUT2D eigenvalue weighted by Crippen LogP contribution is -2.04. The van der Waals surface area contributed by atoms with E-state index in [0.29, 0.717) is 6.42 Å². The maximum Gasteiger partial charge on any atom is 0.165 e. The molecule has 0 aliphatic heterocycles. The molecule has 0 fully saturated rings. The van der Waals surface area contributed by atoms with Gasteiger partial charge in [-0.25, -0.2) is 4.39 Å². The number of ether oxygens (including phenoxy) is 1. The molecule has 1 unspecified atom stereocenters. The summed E-state index contributed by atoms with van der Waals surface area (Å²) in [6.45, 7) is 1.67. The van der Waals surface area contributed by atoms with Crippen LogP contribution < -0.4 is 4.74 Å². The Morgan fingerprint density at radius 2 is 2.23 bits per heavy atom. The molecule has 13 heavy (non-hydrogen) atoms. The molecular weight excluding hydrogens is 171 g/mol. The maximum absolute atomic E-state index is 13.1. The summed E-state index contributed by atoms with van der Waals surface area (Å²) in [5.74, 6) is -0.157. The lowest BCUT2D eigenvalue weighted by molar-refractivity contribution is 0.195. The summed E-state index contributed by atoms with van der Waals surface area (Å²) >= 11 is 0. The summed E-state index contributed by atoms with van der Waals surface area (Å²) < 4.78 is 17.9. The van der Waals surface area contributed by atoms with Gasteiger partial charge in [-0.15, -0.1) is 0 Å². The van der Waals surface area contributed by atoms with Gasteiger partial charge in [-0.05, 0) is 31.0 Å². The standard InChI is InChI=1S/C10H13FO2/c1-7(12)5-8-3-4-10(13-2)9(11)6-8/h3-4,6-7,12H,5H2,1-2H3. The van der Waals surface area contributed by atoms with Crippen LogP contribution in [0.2, 0.25) is 0 Å². The smallest absolute Gasteiger partial charge is 0.165 e. The van der Waals surface area contributed by atoms with Gasteiger partial charge in [-0.2, -0.15) is 0 Å². The first-order valence-electron chi connectivity index (χ1n) is 4.14. The zero-order valence-electron chi connectivity index (χ0n) is 7.75. The van der Waals surface area contributed by atoms with Crippen LogP contribution in [0.1, 0.15) is 12.5 Å². The Kier molecular flexibility index (Phi) is 3.25. The molecule has 1 rings (SSSR count). The highest BCUT2D eigenvalue weighted by molar-refractivity contribution is 5.29. The normalized spacial score (nSPS) is 12.6. The van der Waals surface area contributed by atoms with Gasteiger partial charge < -0.3 is 9.84 Å². The summed E-state index contributed by atoms with van der Waals surface area (Å²) in [6.07, 6.45) is 0.00812. The predicted molar refractivity (Wildman–Crippen MR) is 48.3 cm³/mol. The Morgan fingerprint density at radius 3 is 2.69 bits per heavy atom. The van der Waals surface area contributed by atoms with Crippen molar-refractivity contribution in [3.63, 3.8) is 0 Å². The molecule has 0 amide bonds. The second kappa shape index (κ2) is 4.23. The molecule has 1 atom stereocenters. The van der Waals surface area contributed by atoms with E-state index >= 15 is 0 Å². The van der Waals surface area contributed by atoms with Crippen molar-refractivity contribution in [1.82, 2.24) is 0 Å². The van der Waals surface area contributed by atoms with Crippen molar-refractivity contribution < 1.29 is 14.2 Å². The quantitative estimate of drug-likeness (QED) is 0.775. The van der Waals surface area contributed by atoms with E-state index in [1.807, 2.05) is 0 Å². The molecular formula is C10H13FO2. The summed E-state index contributed by atoms with van der Waals surface area (Å²) in [4.78, 5) is 0. The molecule has 0 radical (unpaired) electrons. The van der Waals surface area contributed by atoms with Gasteiger partial charge in [0.2, 0.25) is 0 Å². The molecule has 0 heterocycles. The number of aliphatic hydroxyl groups excluding tert-OH is 1. The highest BCUT2D eigenvalue weighted by Gasteiger charge is 2.04. The maximum atomic E-state index is 13.1. The Hall–Kier alpha value is -1.09. The van der Waals surface area contributed by atoms with Gasteiger partial charge in [-0.3, -0.25) is 0 Å². The van der Waals surface area contributed by atoms with Crippen molar-refractivity contribution >= 4 is 0 Å². The van der Waals surface area contributed by atoms with E-state index in [4.69, 9.17) is 9.84 Å². The monoisotopic (exact) mass is 184 g/mol. The van der Waals surface area contributed by atoms with Gasteiger partial charge >= 0.3 is 0 Å². The summed E-state index contributed by atoms with van der Waals surface area (Å²) in [5.41, 5.74) is 0.772. The minimum Gasteiger partial charge on any atom is -0.494 e. The van der Waals surface area contributed by atoms with Crippen LogP contribution in [0.15, 0.2) is 18.2 Å². The summed E-state index contributed by atoms with van der Waals surface area (Å²) in [7, 11) is 1.42. The third kappa shape index (κ3) is 2.70. The first kappa shape index (κ1) is 9.99. The van der Waals surface area contributed by atoms with E-state index in [9.17, 15) is 4.39 Å². The zero-order valence-corrected chi connectivity index (χ0v) is 7.75. The van der Waals surface area contributed by atoms with Crippen LogP contribution in [0.25, 0.3) is 0 Å². The van der Waals surface area contributed by atoms with Gasteiger partial charge in [0, 0.05) is 0 Å². The fourth-order valence-electron chi connectivity index (χ4n) is 1.18. The number of hydrogen-bond acceptors (Lipinski definition) is 2. The number of hydrogen-bond donors (Lipinski definition) is 1. The Balaban J connectivity index is 2.83. The van der Waals surface area contributed by atoms with E-state index in [-0.39, 0.29) is 11.6 Å². The fourth-order valence-corrected chi connectivity index (χ4v) is 1.18. The molecule has 1 aromatic rings. The second-order valence-electron chi connectivity index (χ2n) is 3.02. The van der Waals surface area contributed by atoms with Crippen molar-refractivity contribution in [3.8, 4) is 5.75 Å². The molecule has 1 aromatic carbocycles. The van der Waals surface area contributed by atoms with Gasteiger partial charge in [-0.1, -0.05) is 6.07 Å². The SMILES string of the molecule is COc1ccc(CC(C)O)cc1F. The molecule has 2 nitrogen and oxygen atoms in total. The number of rotatable bonds is 3. The summed E-state index contributed by atoms with van der Waals surface area (Å²) in [6, 6.07) is 4.69. The molecule has 1 N–H and O–H groups in total. The molecule has 3 heteroatoms. The third-order valence-electron chi connectivity index (χ3n) is 1.75. The van der Waals surface area contributed by atoms with Crippen LogP contribution in [0.5, 0.6) is 5.75 Å². The van der Waals surface area contributed by atoms with E-state index in [1.165, 1.54) is 13.2 Å². The predicted octanol–water partition coefficient (Wildman–Crippen LogP) is 1.76. The number of halogens is 1. The number of aliphatic hydroxyl groups is 1. The lowest BCUT2D eigenvalue weighted by atomic mass is 10.1. The van der Waals surface area contributed by atoms with Gasteiger partial charge in [0.05, 0.1) is 13.2 Å². The van der Waals surface area contributed by atoms with E-state index < -0.39 is 6.10 Å². The first-order valence-corrected chi connectivity index (χ1v) is 4.14. The fraction of sp³-hybridized carbons (Fsp3) is 0.400. The van der Waals surface area contributed by atoms with Crippen LogP contribution in [-0.4, -0.2) is 18.3 Å². The lowest BCUT2D eigenvalue weighted by Gasteiger charge is -2.06. The van der Waals surface area contributed by atoms with Crippen LogP contribution >= 0.6 is 0 Å². The average molecular weight is 184 g/mol. The van der Waals surface area contributed by atoms with Gasteiger partial charge in [0.1, 0.15) is 0 Å².